The van der Waals surface area contributed by atoms with Gasteiger partial charge in [0.1, 0.15) is 18.2 Å². The van der Waals surface area contributed by atoms with Gasteiger partial charge >= 0.3 is 0 Å². The van der Waals surface area contributed by atoms with Gasteiger partial charge in [0.25, 0.3) is 0 Å². The molecule has 0 atom stereocenters. The van der Waals surface area contributed by atoms with Crippen molar-refractivity contribution in [3.63, 3.8) is 0 Å². The van der Waals surface area contributed by atoms with E-state index in [2.05, 4.69) is 0 Å². The summed E-state index contributed by atoms with van der Waals surface area (Å²) >= 11 is 5.61. The molecule has 0 fully saturated rings. The lowest BCUT2D eigenvalue weighted by Crippen LogP contribution is -1.98. The second-order valence-electron chi connectivity index (χ2n) is 3.97. The van der Waals surface area contributed by atoms with Gasteiger partial charge in [-0.1, -0.05) is 6.07 Å². The SMILES string of the molecule is Fc1cc(CCl)cc(OCc2ccc(F)c(F)c2)c1. The van der Waals surface area contributed by atoms with Crippen LogP contribution in [0.3, 0.4) is 0 Å². The molecule has 0 unspecified atom stereocenters. The van der Waals surface area contributed by atoms with E-state index in [9.17, 15) is 13.2 Å². The van der Waals surface area contributed by atoms with Crippen LogP contribution < -0.4 is 4.74 Å². The Labute approximate surface area is 113 Å². The monoisotopic (exact) mass is 286 g/mol. The van der Waals surface area contributed by atoms with E-state index < -0.39 is 17.5 Å². The fraction of sp³-hybridized carbons (Fsp3) is 0.143. The van der Waals surface area contributed by atoms with Crippen LogP contribution >= 0.6 is 11.6 Å². The van der Waals surface area contributed by atoms with Crippen molar-refractivity contribution in [2.75, 3.05) is 0 Å². The van der Waals surface area contributed by atoms with Gasteiger partial charge in [0.2, 0.25) is 0 Å². The molecule has 0 aliphatic carbocycles. The first-order valence-corrected chi connectivity index (χ1v) is 6.04. The fourth-order valence-electron chi connectivity index (χ4n) is 1.58. The molecule has 0 aromatic heterocycles. The van der Waals surface area contributed by atoms with Crippen LogP contribution in [0.5, 0.6) is 5.75 Å². The maximum absolute atomic E-state index is 13.2. The molecule has 0 aliphatic rings. The number of rotatable bonds is 4. The van der Waals surface area contributed by atoms with Crippen molar-refractivity contribution in [3.8, 4) is 5.75 Å². The van der Waals surface area contributed by atoms with Crippen LogP contribution in [-0.4, -0.2) is 0 Å². The van der Waals surface area contributed by atoms with Crippen LogP contribution in [0.15, 0.2) is 36.4 Å². The third-order valence-electron chi connectivity index (χ3n) is 2.47. The van der Waals surface area contributed by atoms with E-state index in [1.54, 1.807) is 6.07 Å². The van der Waals surface area contributed by atoms with Crippen LogP contribution in [0.1, 0.15) is 11.1 Å². The van der Waals surface area contributed by atoms with Crippen molar-refractivity contribution in [2.45, 2.75) is 12.5 Å². The molecule has 2 rings (SSSR count). The van der Waals surface area contributed by atoms with Gasteiger partial charge in [-0.05, 0) is 35.4 Å². The zero-order valence-corrected chi connectivity index (χ0v) is 10.6. The Hall–Kier alpha value is -1.68. The Morgan fingerprint density at radius 1 is 0.895 bits per heavy atom. The van der Waals surface area contributed by atoms with E-state index in [-0.39, 0.29) is 12.5 Å². The summed E-state index contributed by atoms with van der Waals surface area (Å²) in [5, 5.41) is 0. The molecule has 0 spiro atoms. The van der Waals surface area contributed by atoms with Crippen LogP contribution in [0.4, 0.5) is 13.2 Å². The van der Waals surface area contributed by atoms with Gasteiger partial charge in [0.05, 0.1) is 0 Å². The Balaban J connectivity index is 2.09. The molecule has 0 N–H and O–H groups in total. The van der Waals surface area contributed by atoms with Crippen LogP contribution in [0.2, 0.25) is 0 Å². The summed E-state index contributed by atoms with van der Waals surface area (Å²) in [6, 6.07) is 7.56. The first-order chi connectivity index (χ1) is 9.08. The van der Waals surface area contributed by atoms with E-state index in [1.165, 1.54) is 18.2 Å². The molecule has 0 aliphatic heterocycles. The topological polar surface area (TPSA) is 9.23 Å². The summed E-state index contributed by atoms with van der Waals surface area (Å²) in [5.41, 5.74) is 1.04. The van der Waals surface area contributed by atoms with Crippen molar-refractivity contribution in [3.05, 3.63) is 65.0 Å². The van der Waals surface area contributed by atoms with Crippen LogP contribution in [0.25, 0.3) is 0 Å². The van der Waals surface area contributed by atoms with Crippen molar-refractivity contribution in [1.82, 2.24) is 0 Å². The molecule has 0 saturated heterocycles. The van der Waals surface area contributed by atoms with Crippen LogP contribution in [0, 0.1) is 17.5 Å². The first kappa shape index (κ1) is 13.7. The highest BCUT2D eigenvalue weighted by molar-refractivity contribution is 6.17. The smallest absolute Gasteiger partial charge is 0.159 e. The maximum Gasteiger partial charge on any atom is 0.159 e. The van der Waals surface area contributed by atoms with Gasteiger partial charge in [-0.25, -0.2) is 13.2 Å². The van der Waals surface area contributed by atoms with Crippen molar-refractivity contribution in [1.29, 1.82) is 0 Å². The Morgan fingerprint density at radius 3 is 2.37 bits per heavy atom. The quantitative estimate of drug-likeness (QED) is 0.756. The molecule has 1 nitrogen and oxygen atoms in total. The molecule has 2 aromatic rings. The Bertz CT molecular complexity index is 587. The minimum Gasteiger partial charge on any atom is -0.489 e. The number of hydrogen-bond acceptors (Lipinski definition) is 1. The molecule has 0 amide bonds. The predicted molar refractivity (Wildman–Crippen MR) is 66.6 cm³/mol. The average Bonchev–Trinajstić information content (AvgIpc) is 2.39. The third-order valence-corrected chi connectivity index (χ3v) is 2.78. The van der Waals surface area contributed by atoms with Gasteiger partial charge in [-0.2, -0.15) is 0 Å². The van der Waals surface area contributed by atoms with Gasteiger partial charge < -0.3 is 4.74 Å². The van der Waals surface area contributed by atoms with Gasteiger partial charge in [-0.3, -0.25) is 0 Å². The largest absolute Gasteiger partial charge is 0.489 e. The minimum absolute atomic E-state index is 0.0162. The summed E-state index contributed by atoms with van der Waals surface area (Å²) in [7, 11) is 0. The highest BCUT2D eigenvalue weighted by atomic mass is 35.5. The molecule has 2 aromatic carbocycles. The molecule has 0 heterocycles. The van der Waals surface area contributed by atoms with Crippen molar-refractivity contribution in [2.24, 2.45) is 0 Å². The predicted octanol–water partition coefficient (Wildman–Crippen LogP) is 4.42. The zero-order valence-electron chi connectivity index (χ0n) is 9.80. The highest BCUT2D eigenvalue weighted by Crippen LogP contribution is 2.19. The molecular weight excluding hydrogens is 277 g/mol. The lowest BCUT2D eigenvalue weighted by atomic mass is 10.2. The number of alkyl halides is 1. The number of halogens is 4. The summed E-state index contributed by atoms with van der Waals surface area (Å²) < 4.78 is 44.2. The van der Waals surface area contributed by atoms with E-state index in [0.717, 1.165) is 12.1 Å². The molecule has 100 valence electrons. The molecule has 5 heteroatoms. The Morgan fingerprint density at radius 2 is 1.68 bits per heavy atom. The summed E-state index contributed by atoms with van der Waals surface area (Å²) in [6.45, 7) is 0.0162. The summed E-state index contributed by atoms with van der Waals surface area (Å²) in [4.78, 5) is 0. The second-order valence-corrected chi connectivity index (χ2v) is 4.23. The van der Waals surface area contributed by atoms with E-state index in [4.69, 9.17) is 16.3 Å². The van der Waals surface area contributed by atoms with Gasteiger partial charge in [0.15, 0.2) is 11.6 Å². The molecular formula is C14H10ClF3O. The van der Waals surface area contributed by atoms with Crippen molar-refractivity contribution < 1.29 is 17.9 Å². The van der Waals surface area contributed by atoms with E-state index in [1.807, 2.05) is 0 Å². The minimum atomic E-state index is -0.943. The Kier molecular flexibility index (Phi) is 4.32. The normalized spacial score (nSPS) is 10.5. The van der Waals surface area contributed by atoms with E-state index in [0.29, 0.717) is 16.9 Å². The summed E-state index contributed by atoms with van der Waals surface area (Å²) in [6.07, 6.45) is 0. The number of hydrogen-bond donors (Lipinski definition) is 0. The third kappa shape index (κ3) is 3.64. The molecule has 0 bridgehead atoms. The number of ether oxygens (including phenoxy) is 1. The van der Waals surface area contributed by atoms with Crippen LogP contribution in [-0.2, 0) is 12.5 Å². The van der Waals surface area contributed by atoms with Gasteiger partial charge in [-0.15, -0.1) is 11.6 Å². The maximum atomic E-state index is 13.2. The highest BCUT2D eigenvalue weighted by Gasteiger charge is 2.05. The standard InChI is InChI=1S/C14H10ClF3O/c15-7-10-3-11(16)6-12(4-10)19-8-9-1-2-13(17)14(18)5-9/h1-6H,7-8H2. The number of benzene rings is 2. The van der Waals surface area contributed by atoms with E-state index >= 15 is 0 Å². The lowest BCUT2D eigenvalue weighted by molar-refractivity contribution is 0.303. The molecule has 19 heavy (non-hydrogen) atoms. The lowest BCUT2D eigenvalue weighted by Gasteiger charge is -2.08. The fourth-order valence-corrected chi connectivity index (χ4v) is 1.73. The zero-order chi connectivity index (χ0) is 13.8. The summed E-state index contributed by atoms with van der Waals surface area (Å²) in [5.74, 6) is -1.86. The molecule has 0 saturated carbocycles. The van der Waals surface area contributed by atoms with Crippen molar-refractivity contribution >= 4 is 11.6 Å². The molecule has 0 radical (unpaired) electrons. The average molecular weight is 287 g/mol. The second kappa shape index (κ2) is 5.97. The first-order valence-electron chi connectivity index (χ1n) is 5.50. The van der Waals surface area contributed by atoms with Gasteiger partial charge in [0, 0.05) is 11.9 Å².